The van der Waals surface area contributed by atoms with E-state index < -0.39 is 7.75 Å². The van der Waals surface area contributed by atoms with E-state index in [-0.39, 0.29) is 0 Å². The molecule has 116 valence electrons. The van der Waals surface area contributed by atoms with Crippen LogP contribution in [0, 0.1) is 0 Å². The van der Waals surface area contributed by atoms with Gasteiger partial charge in [-0.1, -0.05) is 52.9 Å². The van der Waals surface area contributed by atoms with Crippen LogP contribution in [0.25, 0.3) is 0 Å². The number of nitrogens with zero attached hydrogens (tertiary/aromatic N) is 1. The van der Waals surface area contributed by atoms with Crippen molar-refractivity contribution in [2.24, 2.45) is 0 Å². The van der Waals surface area contributed by atoms with Crippen LogP contribution in [0.5, 0.6) is 0 Å². The molecule has 0 rings (SSSR count). The molecule has 19 heavy (non-hydrogen) atoms. The number of hydrogen-bond acceptors (Lipinski definition) is 2. The summed E-state index contributed by atoms with van der Waals surface area (Å²) in [6, 6.07) is 0. The van der Waals surface area contributed by atoms with Crippen molar-refractivity contribution >= 4 is 7.75 Å². The van der Waals surface area contributed by atoms with Crippen LogP contribution >= 0.6 is 7.75 Å². The summed E-state index contributed by atoms with van der Waals surface area (Å²) in [7, 11) is -3.58. The van der Waals surface area contributed by atoms with Crippen molar-refractivity contribution in [2.45, 2.75) is 72.1 Å². The molecule has 1 N–H and O–H groups in total. The van der Waals surface area contributed by atoms with Gasteiger partial charge in [-0.15, -0.1) is 0 Å². The Morgan fingerprint density at radius 3 is 1.79 bits per heavy atom. The van der Waals surface area contributed by atoms with Crippen LogP contribution in [-0.2, 0) is 9.09 Å². The molecule has 4 nitrogen and oxygen atoms in total. The molecule has 0 spiro atoms. The molecular formula is C14H32NO3P. The van der Waals surface area contributed by atoms with Gasteiger partial charge >= 0.3 is 7.75 Å². The first-order valence-electron chi connectivity index (χ1n) is 7.81. The topological polar surface area (TPSA) is 49.8 Å². The Morgan fingerprint density at radius 1 is 0.895 bits per heavy atom. The van der Waals surface area contributed by atoms with Gasteiger partial charge < -0.3 is 4.89 Å². The third-order valence-corrected chi connectivity index (χ3v) is 4.79. The highest BCUT2D eigenvalue weighted by atomic mass is 31.2. The highest BCUT2D eigenvalue weighted by molar-refractivity contribution is 7.50. The molecule has 0 fully saturated rings. The number of hydrogen-bond donors (Lipinski definition) is 1. The summed E-state index contributed by atoms with van der Waals surface area (Å²) in [4.78, 5) is 10.1. The van der Waals surface area contributed by atoms with Gasteiger partial charge in [0, 0.05) is 13.1 Å². The van der Waals surface area contributed by atoms with Crippen LogP contribution in [0.15, 0.2) is 0 Å². The van der Waals surface area contributed by atoms with Gasteiger partial charge in [0.2, 0.25) is 0 Å². The summed E-state index contributed by atoms with van der Waals surface area (Å²) < 4.78 is 19.1. The fourth-order valence-corrected chi connectivity index (χ4v) is 3.18. The maximum Gasteiger partial charge on any atom is 0.405 e. The van der Waals surface area contributed by atoms with E-state index in [0.29, 0.717) is 19.7 Å². The van der Waals surface area contributed by atoms with Crippen LogP contribution in [0.3, 0.4) is 0 Å². The van der Waals surface area contributed by atoms with Crippen LogP contribution in [-0.4, -0.2) is 29.3 Å². The van der Waals surface area contributed by atoms with Gasteiger partial charge in [-0.2, -0.15) is 0 Å². The second kappa shape index (κ2) is 11.9. The van der Waals surface area contributed by atoms with E-state index in [4.69, 9.17) is 4.52 Å². The molecule has 1 unspecified atom stereocenters. The fourth-order valence-electron chi connectivity index (χ4n) is 1.86. The quantitative estimate of drug-likeness (QED) is 0.399. The molecule has 0 saturated carbocycles. The Hall–Kier alpha value is 0.110. The van der Waals surface area contributed by atoms with E-state index in [2.05, 4.69) is 13.8 Å². The standard InChI is InChI=1S/C14H32NO3P/c1-4-7-10-12-15(13-11-8-5-2)19(16,17)18-14-9-6-3/h4-14H2,1-3H3,(H,16,17). The second-order valence-corrected chi connectivity index (χ2v) is 6.85. The molecule has 0 amide bonds. The molecule has 5 heteroatoms. The number of rotatable bonds is 13. The zero-order valence-electron chi connectivity index (χ0n) is 12.9. The lowest BCUT2D eigenvalue weighted by Crippen LogP contribution is -2.24. The highest BCUT2D eigenvalue weighted by Gasteiger charge is 2.28. The van der Waals surface area contributed by atoms with Gasteiger partial charge in [0.15, 0.2) is 0 Å². The predicted molar refractivity (Wildman–Crippen MR) is 81.3 cm³/mol. The molecule has 0 aromatic carbocycles. The van der Waals surface area contributed by atoms with E-state index >= 15 is 0 Å². The summed E-state index contributed by atoms with van der Waals surface area (Å²) >= 11 is 0. The lowest BCUT2D eigenvalue weighted by molar-refractivity contribution is 0.195. The average molecular weight is 293 g/mol. The normalized spacial score (nSPS) is 14.8. The SMILES string of the molecule is CCCCCN(CCCCC)P(=O)(O)OCCCC. The first-order chi connectivity index (χ1) is 9.08. The highest BCUT2D eigenvalue weighted by Crippen LogP contribution is 2.46. The molecule has 0 radical (unpaired) electrons. The van der Waals surface area contributed by atoms with Crippen molar-refractivity contribution in [3.8, 4) is 0 Å². The van der Waals surface area contributed by atoms with E-state index in [1.807, 2.05) is 6.92 Å². The van der Waals surface area contributed by atoms with Gasteiger partial charge in [0.05, 0.1) is 6.61 Å². The molecule has 0 bridgehead atoms. The van der Waals surface area contributed by atoms with Crippen molar-refractivity contribution in [3.05, 3.63) is 0 Å². The lowest BCUT2D eigenvalue weighted by atomic mass is 10.2. The van der Waals surface area contributed by atoms with Gasteiger partial charge in [-0.05, 0) is 19.3 Å². The smallest absolute Gasteiger partial charge is 0.312 e. The monoisotopic (exact) mass is 293 g/mol. The predicted octanol–water partition coefficient (Wildman–Crippen LogP) is 4.59. The van der Waals surface area contributed by atoms with Gasteiger partial charge in [-0.3, -0.25) is 4.52 Å². The summed E-state index contributed by atoms with van der Waals surface area (Å²) in [5.41, 5.74) is 0. The Labute approximate surface area is 119 Å². The molecule has 1 atom stereocenters. The zero-order chi connectivity index (χ0) is 14.6. The summed E-state index contributed by atoms with van der Waals surface area (Å²) in [6.45, 7) is 8.03. The van der Waals surface area contributed by atoms with Crippen molar-refractivity contribution < 1.29 is 14.0 Å². The minimum atomic E-state index is -3.58. The molecule has 0 aliphatic heterocycles. The minimum absolute atomic E-state index is 0.377. The van der Waals surface area contributed by atoms with Gasteiger partial charge in [0.25, 0.3) is 0 Å². The number of unbranched alkanes of at least 4 members (excludes halogenated alkanes) is 5. The second-order valence-electron chi connectivity index (χ2n) is 5.05. The maximum absolute atomic E-state index is 12.2. The third-order valence-electron chi connectivity index (χ3n) is 3.15. The third kappa shape index (κ3) is 9.61. The Kier molecular flexibility index (Phi) is 12.0. The van der Waals surface area contributed by atoms with E-state index in [0.717, 1.165) is 51.4 Å². The summed E-state index contributed by atoms with van der Waals surface area (Å²) in [6.07, 6.45) is 8.17. The first-order valence-corrected chi connectivity index (χ1v) is 9.34. The molecule has 0 aliphatic carbocycles. The maximum atomic E-state index is 12.2. The molecule has 0 heterocycles. The summed E-state index contributed by atoms with van der Waals surface area (Å²) in [5.74, 6) is 0. The van der Waals surface area contributed by atoms with Crippen LogP contribution in [0.2, 0.25) is 0 Å². The fraction of sp³-hybridized carbons (Fsp3) is 1.00. The van der Waals surface area contributed by atoms with E-state index in [1.165, 1.54) is 0 Å². The summed E-state index contributed by atoms with van der Waals surface area (Å²) in [5, 5.41) is 0. The van der Waals surface area contributed by atoms with Crippen LogP contribution < -0.4 is 0 Å². The Bertz CT molecular complexity index is 239. The van der Waals surface area contributed by atoms with Crippen molar-refractivity contribution in [1.82, 2.24) is 4.67 Å². The molecule has 0 saturated heterocycles. The first kappa shape index (κ1) is 19.1. The zero-order valence-corrected chi connectivity index (χ0v) is 13.8. The Balaban J connectivity index is 4.27. The molecular weight excluding hydrogens is 261 g/mol. The largest absolute Gasteiger partial charge is 0.405 e. The molecule has 0 aromatic rings. The van der Waals surface area contributed by atoms with E-state index in [1.54, 1.807) is 4.67 Å². The molecule has 0 aromatic heterocycles. The van der Waals surface area contributed by atoms with Gasteiger partial charge in [-0.25, -0.2) is 9.24 Å². The molecule has 0 aliphatic rings. The van der Waals surface area contributed by atoms with Crippen molar-refractivity contribution in [2.75, 3.05) is 19.7 Å². The minimum Gasteiger partial charge on any atom is -0.312 e. The lowest BCUT2D eigenvalue weighted by Gasteiger charge is -2.26. The Morgan fingerprint density at radius 2 is 1.37 bits per heavy atom. The van der Waals surface area contributed by atoms with E-state index in [9.17, 15) is 9.46 Å². The van der Waals surface area contributed by atoms with Crippen molar-refractivity contribution in [3.63, 3.8) is 0 Å². The van der Waals surface area contributed by atoms with Crippen LogP contribution in [0.1, 0.15) is 72.1 Å². The van der Waals surface area contributed by atoms with Gasteiger partial charge in [0.1, 0.15) is 0 Å². The average Bonchev–Trinajstić information content (AvgIpc) is 2.37. The van der Waals surface area contributed by atoms with Crippen molar-refractivity contribution in [1.29, 1.82) is 0 Å². The van der Waals surface area contributed by atoms with Crippen LogP contribution in [0.4, 0.5) is 0 Å².